The molecule has 0 amide bonds. The highest BCUT2D eigenvalue weighted by Gasteiger charge is 2.21. The van der Waals surface area contributed by atoms with Crippen LogP contribution in [0, 0.1) is 11.6 Å². The van der Waals surface area contributed by atoms with Crippen molar-refractivity contribution in [3.8, 4) is 22.8 Å². The Labute approximate surface area is 138 Å². The first-order chi connectivity index (χ1) is 11.6. The summed E-state index contributed by atoms with van der Waals surface area (Å²) in [6.45, 7) is 0. The molecular formula is C19H16F2N2O. The average Bonchev–Trinajstić information content (AvgIpc) is 3.21. The molecule has 0 saturated heterocycles. The maximum absolute atomic E-state index is 14.5. The van der Waals surface area contributed by atoms with Crippen LogP contribution in [0.25, 0.3) is 11.3 Å². The second-order valence-corrected chi connectivity index (χ2v) is 5.94. The highest BCUT2D eigenvalue weighted by atomic mass is 19.1. The molecule has 3 nitrogen and oxygen atoms in total. The summed E-state index contributed by atoms with van der Waals surface area (Å²) in [6.07, 6.45) is 4.03. The van der Waals surface area contributed by atoms with Crippen molar-refractivity contribution >= 4 is 0 Å². The van der Waals surface area contributed by atoms with Gasteiger partial charge in [0.2, 0.25) is 0 Å². The van der Waals surface area contributed by atoms with Gasteiger partial charge in [0.25, 0.3) is 0 Å². The number of aryl methyl sites for hydroxylation is 1. The highest BCUT2D eigenvalue weighted by molar-refractivity contribution is 5.61. The molecule has 1 aromatic heterocycles. The molecule has 24 heavy (non-hydrogen) atoms. The third-order valence-corrected chi connectivity index (χ3v) is 4.45. The van der Waals surface area contributed by atoms with Crippen molar-refractivity contribution in [2.75, 3.05) is 0 Å². The fourth-order valence-electron chi connectivity index (χ4n) is 3.24. The Morgan fingerprint density at radius 3 is 2.50 bits per heavy atom. The van der Waals surface area contributed by atoms with Gasteiger partial charge < -0.3 is 4.74 Å². The molecule has 0 N–H and O–H groups in total. The maximum atomic E-state index is 14.5. The van der Waals surface area contributed by atoms with Gasteiger partial charge in [0.15, 0.2) is 11.6 Å². The third-order valence-electron chi connectivity index (χ3n) is 4.45. The van der Waals surface area contributed by atoms with E-state index in [1.807, 2.05) is 6.07 Å². The molecule has 1 heterocycles. The third kappa shape index (κ3) is 2.46. The van der Waals surface area contributed by atoms with Crippen LogP contribution in [0.1, 0.15) is 17.5 Å². The summed E-state index contributed by atoms with van der Waals surface area (Å²) in [6, 6.07) is 9.61. The number of rotatable bonds is 3. The molecule has 1 aliphatic carbocycles. The molecule has 5 heteroatoms. The van der Waals surface area contributed by atoms with E-state index in [0.29, 0.717) is 17.7 Å². The van der Waals surface area contributed by atoms with Crippen LogP contribution in [0.2, 0.25) is 0 Å². The molecule has 0 aliphatic heterocycles. The summed E-state index contributed by atoms with van der Waals surface area (Å²) in [5, 5.41) is 4.09. The van der Waals surface area contributed by atoms with E-state index in [4.69, 9.17) is 4.74 Å². The van der Waals surface area contributed by atoms with Gasteiger partial charge in [-0.3, -0.25) is 4.68 Å². The number of benzene rings is 2. The SMILES string of the molecule is Cn1nccc1-c1ccc(Oc2ccc(F)c3c2CCC3)c(F)c1. The molecule has 122 valence electrons. The van der Waals surface area contributed by atoms with E-state index in [2.05, 4.69) is 5.10 Å². The number of hydrogen-bond acceptors (Lipinski definition) is 2. The second-order valence-electron chi connectivity index (χ2n) is 5.94. The van der Waals surface area contributed by atoms with Crippen LogP contribution in [0.3, 0.4) is 0 Å². The van der Waals surface area contributed by atoms with E-state index in [0.717, 1.165) is 29.7 Å². The zero-order valence-corrected chi connectivity index (χ0v) is 13.2. The Balaban J connectivity index is 1.67. The molecule has 0 atom stereocenters. The van der Waals surface area contributed by atoms with Gasteiger partial charge in [-0.1, -0.05) is 0 Å². The van der Waals surface area contributed by atoms with Gasteiger partial charge in [0, 0.05) is 24.4 Å². The number of aromatic nitrogens is 2. The van der Waals surface area contributed by atoms with Crippen molar-refractivity contribution in [3.05, 3.63) is 65.4 Å². The molecule has 0 unspecified atom stereocenters. The Kier molecular flexibility index (Phi) is 3.56. The predicted molar refractivity (Wildman–Crippen MR) is 87.1 cm³/mol. The van der Waals surface area contributed by atoms with Crippen LogP contribution in [-0.2, 0) is 19.9 Å². The Morgan fingerprint density at radius 1 is 0.958 bits per heavy atom. The summed E-state index contributed by atoms with van der Waals surface area (Å²) in [5.41, 5.74) is 3.09. The van der Waals surface area contributed by atoms with Gasteiger partial charge in [-0.15, -0.1) is 0 Å². The maximum Gasteiger partial charge on any atom is 0.166 e. The molecule has 2 aromatic carbocycles. The Morgan fingerprint density at radius 2 is 1.75 bits per heavy atom. The minimum absolute atomic E-state index is 0.140. The quantitative estimate of drug-likeness (QED) is 0.701. The lowest BCUT2D eigenvalue weighted by Crippen LogP contribution is -1.97. The average molecular weight is 326 g/mol. The van der Waals surface area contributed by atoms with Crippen molar-refractivity contribution in [1.82, 2.24) is 9.78 Å². The second kappa shape index (κ2) is 5.74. The summed E-state index contributed by atoms with van der Waals surface area (Å²) in [7, 11) is 1.81. The van der Waals surface area contributed by atoms with Crippen LogP contribution < -0.4 is 4.74 Å². The minimum Gasteiger partial charge on any atom is -0.454 e. The van der Waals surface area contributed by atoms with Crippen LogP contribution in [0.15, 0.2) is 42.6 Å². The fraction of sp³-hybridized carbons (Fsp3) is 0.211. The van der Waals surface area contributed by atoms with E-state index < -0.39 is 5.82 Å². The first kappa shape index (κ1) is 14.9. The minimum atomic E-state index is -0.454. The lowest BCUT2D eigenvalue weighted by Gasteiger charge is -2.12. The molecule has 4 rings (SSSR count). The fourth-order valence-corrected chi connectivity index (χ4v) is 3.24. The van der Waals surface area contributed by atoms with Gasteiger partial charge >= 0.3 is 0 Å². The van der Waals surface area contributed by atoms with Gasteiger partial charge in [0.05, 0.1) is 5.69 Å². The van der Waals surface area contributed by atoms with E-state index in [1.165, 1.54) is 12.1 Å². The first-order valence-corrected chi connectivity index (χ1v) is 7.89. The monoisotopic (exact) mass is 326 g/mol. The first-order valence-electron chi connectivity index (χ1n) is 7.89. The Hall–Kier alpha value is -2.69. The summed E-state index contributed by atoms with van der Waals surface area (Å²) < 4.78 is 35.7. The topological polar surface area (TPSA) is 27.1 Å². The summed E-state index contributed by atoms with van der Waals surface area (Å²) in [4.78, 5) is 0. The molecule has 0 radical (unpaired) electrons. The summed E-state index contributed by atoms with van der Waals surface area (Å²) >= 11 is 0. The lowest BCUT2D eigenvalue weighted by atomic mass is 10.1. The largest absolute Gasteiger partial charge is 0.454 e. The number of halogens is 2. The van der Waals surface area contributed by atoms with Crippen molar-refractivity contribution in [2.24, 2.45) is 7.05 Å². The highest BCUT2D eigenvalue weighted by Crippen LogP contribution is 2.36. The number of ether oxygens (including phenoxy) is 1. The van der Waals surface area contributed by atoms with Crippen molar-refractivity contribution in [3.63, 3.8) is 0 Å². The van der Waals surface area contributed by atoms with Crippen molar-refractivity contribution < 1.29 is 13.5 Å². The predicted octanol–water partition coefficient (Wildman–Crippen LogP) is 4.65. The van der Waals surface area contributed by atoms with Crippen LogP contribution in [0.5, 0.6) is 11.5 Å². The van der Waals surface area contributed by atoms with Crippen molar-refractivity contribution in [1.29, 1.82) is 0 Å². The molecule has 1 aliphatic rings. The number of nitrogens with zero attached hydrogens (tertiary/aromatic N) is 2. The van der Waals surface area contributed by atoms with E-state index >= 15 is 0 Å². The molecule has 0 spiro atoms. The normalized spacial score (nSPS) is 13.1. The van der Waals surface area contributed by atoms with E-state index in [-0.39, 0.29) is 11.6 Å². The molecular weight excluding hydrogens is 310 g/mol. The van der Waals surface area contributed by atoms with Gasteiger partial charge in [0.1, 0.15) is 11.6 Å². The van der Waals surface area contributed by atoms with Crippen LogP contribution in [0.4, 0.5) is 8.78 Å². The van der Waals surface area contributed by atoms with E-state index in [9.17, 15) is 8.78 Å². The van der Waals surface area contributed by atoms with Gasteiger partial charge in [-0.2, -0.15) is 5.10 Å². The van der Waals surface area contributed by atoms with Gasteiger partial charge in [-0.05, 0) is 61.2 Å². The molecule has 0 fully saturated rings. The van der Waals surface area contributed by atoms with Crippen molar-refractivity contribution in [2.45, 2.75) is 19.3 Å². The zero-order chi connectivity index (χ0) is 16.7. The molecule has 0 saturated carbocycles. The van der Waals surface area contributed by atoms with Gasteiger partial charge in [-0.25, -0.2) is 8.78 Å². The van der Waals surface area contributed by atoms with Crippen LogP contribution >= 0.6 is 0 Å². The number of fused-ring (bicyclic) bond motifs is 1. The molecule has 3 aromatic rings. The number of hydrogen-bond donors (Lipinski definition) is 0. The Bertz CT molecular complexity index is 918. The smallest absolute Gasteiger partial charge is 0.166 e. The standard InChI is InChI=1S/C19H16F2N2O/c1-23-17(9-10-22-23)12-5-7-19(16(21)11-12)24-18-8-6-15(20)13-3-2-4-14(13)18/h5-11H,2-4H2,1H3. The van der Waals surface area contributed by atoms with E-state index in [1.54, 1.807) is 36.1 Å². The molecule has 0 bridgehead atoms. The summed E-state index contributed by atoms with van der Waals surface area (Å²) in [5.74, 6) is 0.0179. The lowest BCUT2D eigenvalue weighted by molar-refractivity contribution is 0.437. The zero-order valence-electron chi connectivity index (χ0n) is 13.2. The van der Waals surface area contributed by atoms with Crippen LogP contribution in [-0.4, -0.2) is 9.78 Å².